The van der Waals surface area contributed by atoms with Crippen molar-refractivity contribution in [3.63, 3.8) is 0 Å². The average molecular weight is 154 g/mol. The Hall–Kier alpha value is -0.460. The maximum absolute atomic E-state index is 5.59. The summed E-state index contributed by atoms with van der Waals surface area (Å²) in [5, 5.41) is 0. The number of allylic oxidation sites excluding steroid dienone is 1. The molecule has 11 heavy (non-hydrogen) atoms. The summed E-state index contributed by atoms with van der Waals surface area (Å²) in [6, 6.07) is 0. The zero-order valence-electron chi connectivity index (χ0n) is 7.60. The molecule has 0 spiro atoms. The van der Waals surface area contributed by atoms with E-state index in [0.717, 1.165) is 6.42 Å². The van der Waals surface area contributed by atoms with Crippen LogP contribution >= 0.6 is 0 Å². The Bertz CT molecular complexity index is 132. The summed E-state index contributed by atoms with van der Waals surface area (Å²) in [6.07, 6.45) is 8.79. The fourth-order valence-electron chi connectivity index (χ4n) is 1.32. The Morgan fingerprint density at radius 3 is 2.64 bits per heavy atom. The van der Waals surface area contributed by atoms with Gasteiger partial charge in [0.2, 0.25) is 0 Å². The van der Waals surface area contributed by atoms with Crippen LogP contribution in [0.2, 0.25) is 0 Å². The Morgan fingerprint density at radius 2 is 2.09 bits per heavy atom. The van der Waals surface area contributed by atoms with Gasteiger partial charge in [0.15, 0.2) is 0 Å². The van der Waals surface area contributed by atoms with Crippen LogP contribution in [0.1, 0.15) is 46.0 Å². The van der Waals surface area contributed by atoms with Crippen molar-refractivity contribution in [1.29, 1.82) is 0 Å². The first-order valence-corrected chi connectivity index (χ1v) is 4.64. The molecule has 0 aromatic rings. The molecule has 0 unspecified atom stereocenters. The van der Waals surface area contributed by atoms with E-state index in [2.05, 4.69) is 13.8 Å². The predicted molar refractivity (Wildman–Crippen MR) is 47.4 cm³/mol. The molecular formula is C10H18O. The molecule has 0 radical (unpaired) electrons. The third-order valence-electron chi connectivity index (χ3n) is 2.32. The molecule has 0 aromatic carbocycles. The zero-order valence-corrected chi connectivity index (χ0v) is 7.60. The van der Waals surface area contributed by atoms with Crippen molar-refractivity contribution >= 4 is 0 Å². The van der Waals surface area contributed by atoms with E-state index in [4.69, 9.17) is 4.74 Å². The highest BCUT2D eigenvalue weighted by molar-refractivity contribution is 4.91. The fraction of sp³-hybridized carbons (Fsp3) is 0.800. The van der Waals surface area contributed by atoms with E-state index in [-0.39, 0.29) is 0 Å². The van der Waals surface area contributed by atoms with E-state index >= 15 is 0 Å². The van der Waals surface area contributed by atoms with E-state index in [1.54, 1.807) is 0 Å². The lowest BCUT2D eigenvalue weighted by Crippen LogP contribution is -2.02. The van der Waals surface area contributed by atoms with Crippen LogP contribution in [0.3, 0.4) is 0 Å². The normalized spacial score (nSPS) is 20.7. The lowest BCUT2D eigenvalue weighted by molar-refractivity contribution is 0.149. The highest BCUT2D eigenvalue weighted by atomic mass is 16.5. The van der Waals surface area contributed by atoms with Crippen LogP contribution in [0.15, 0.2) is 11.8 Å². The van der Waals surface area contributed by atoms with Crippen molar-refractivity contribution in [3.05, 3.63) is 11.8 Å². The van der Waals surface area contributed by atoms with Gasteiger partial charge in [0.1, 0.15) is 0 Å². The van der Waals surface area contributed by atoms with E-state index in [1.807, 2.05) is 6.26 Å². The Labute approximate surface area is 69.4 Å². The van der Waals surface area contributed by atoms with E-state index in [9.17, 15) is 0 Å². The van der Waals surface area contributed by atoms with Crippen LogP contribution < -0.4 is 0 Å². The van der Waals surface area contributed by atoms with Gasteiger partial charge < -0.3 is 4.74 Å². The number of rotatable bonds is 3. The van der Waals surface area contributed by atoms with Crippen LogP contribution in [0.25, 0.3) is 0 Å². The second-order valence-corrected chi connectivity index (χ2v) is 3.36. The summed E-state index contributed by atoms with van der Waals surface area (Å²) in [6.45, 7) is 4.28. The molecule has 0 N–H and O–H groups in total. The standard InChI is InChI=1S/C10H18O/c1-3-9(2)8-11-10-6-4-5-7-10/h8,10H,3-7H2,1-2H3. The van der Waals surface area contributed by atoms with Gasteiger partial charge in [-0.2, -0.15) is 0 Å². The van der Waals surface area contributed by atoms with Gasteiger partial charge in [-0.3, -0.25) is 0 Å². The minimum Gasteiger partial charge on any atom is -0.498 e. The molecule has 0 heterocycles. The van der Waals surface area contributed by atoms with Gasteiger partial charge in [0.05, 0.1) is 12.4 Å². The van der Waals surface area contributed by atoms with Gasteiger partial charge in [-0.25, -0.2) is 0 Å². The van der Waals surface area contributed by atoms with E-state index in [0.29, 0.717) is 6.10 Å². The second-order valence-electron chi connectivity index (χ2n) is 3.36. The first kappa shape index (κ1) is 8.63. The Balaban J connectivity index is 2.19. The molecule has 0 aliphatic heterocycles. The molecule has 0 bridgehead atoms. The van der Waals surface area contributed by atoms with E-state index in [1.165, 1.54) is 31.3 Å². The van der Waals surface area contributed by atoms with Crippen LogP contribution in [-0.4, -0.2) is 6.10 Å². The van der Waals surface area contributed by atoms with Crippen molar-refractivity contribution in [2.24, 2.45) is 0 Å². The Morgan fingerprint density at radius 1 is 1.45 bits per heavy atom. The number of hydrogen-bond acceptors (Lipinski definition) is 1. The molecule has 1 heteroatoms. The molecule has 64 valence electrons. The molecule has 1 aliphatic carbocycles. The van der Waals surface area contributed by atoms with Crippen molar-refractivity contribution in [1.82, 2.24) is 0 Å². The number of hydrogen-bond donors (Lipinski definition) is 0. The maximum atomic E-state index is 5.59. The van der Waals surface area contributed by atoms with Crippen molar-refractivity contribution in [3.8, 4) is 0 Å². The summed E-state index contributed by atoms with van der Waals surface area (Å²) >= 11 is 0. The van der Waals surface area contributed by atoms with Gasteiger partial charge in [-0.15, -0.1) is 0 Å². The first-order chi connectivity index (χ1) is 5.33. The molecule has 0 atom stereocenters. The minimum atomic E-state index is 0.525. The number of ether oxygens (including phenoxy) is 1. The van der Waals surface area contributed by atoms with Crippen molar-refractivity contribution in [2.45, 2.75) is 52.1 Å². The topological polar surface area (TPSA) is 9.23 Å². The predicted octanol–water partition coefficient (Wildman–Crippen LogP) is 3.26. The third-order valence-corrected chi connectivity index (χ3v) is 2.32. The molecule has 1 saturated carbocycles. The van der Waals surface area contributed by atoms with Gasteiger partial charge in [-0.1, -0.05) is 6.92 Å². The summed E-state index contributed by atoms with van der Waals surface area (Å²) in [5.74, 6) is 0. The van der Waals surface area contributed by atoms with Crippen LogP contribution in [0, 0.1) is 0 Å². The quantitative estimate of drug-likeness (QED) is 0.567. The summed E-state index contributed by atoms with van der Waals surface area (Å²) in [4.78, 5) is 0. The summed E-state index contributed by atoms with van der Waals surface area (Å²) < 4.78 is 5.59. The SMILES string of the molecule is CCC(C)=COC1CCCC1. The molecule has 0 aromatic heterocycles. The largest absolute Gasteiger partial charge is 0.498 e. The van der Waals surface area contributed by atoms with E-state index < -0.39 is 0 Å². The lowest BCUT2D eigenvalue weighted by Gasteiger charge is -2.08. The molecular weight excluding hydrogens is 136 g/mol. The second kappa shape index (κ2) is 4.42. The fourth-order valence-corrected chi connectivity index (χ4v) is 1.32. The third kappa shape index (κ3) is 2.96. The van der Waals surface area contributed by atoms with Crippen molar-refractivity contribution in [2.75, 3.05) is 0 Å². The zero-order chi connectivity index (χ0) is 8.10. The molecule has 1 rings (SSSR count). The van der Waals surface area contributed by atoms with Gasteiger partial charge in [0, 0.05) is 0 Å². The molecule has 0 amide bonds. The molecule has 0 saturated heterocycles. The first-order valence-electron chi connectivity index (χ1n) is 4.64. The summed E-state index contributed by atoms with van der Waals surface area (Å²) in [7, 11) is 0. The minimum absolute atomic E-state index is 0.525. The Kier molecular flexibility index (Phi) is 3.47. The van der Waals surface area contributed by atoms with Crippen LogP contribution in [-0.2, 0) is 4.74 Å². The lowest BCUT2D eigenvalue weighted by atomic mass is 10.2. The smallest absolute Gasteiger partial charge is 0.0978 e. The molecule has 1 nitrogen and oxygen atoms in total. The highest BCUT2D eigenvalue weighted by Gasteiger charge is 2.14. The molecule has 1 fully saturated rings. The monoisotopic (exact) mass is 154 g/mol. The maximum Gasteiger partial charge on any atom is 0.0978 e. The van der Waals surface area contributed by atoms with Gasteiger partial charge in [-0.05, 0) is 44.6 Å². The van der Waals surface area contributed by atoms with Gasteiger partial charge in [0.25, 0.3) is 0 Å². The van der Waals surface area contributed by atoms with Crippen molar-refractivity contribution < 1.29 is 4.74 Å². The van der Waals surface area contributed by atoms with Crippen LogP contribution in [0.4, 0.5) is 0 Å². The van der Waals surface area contributed by atoms with Crippen LogP contribution in [0.5, 0.6) is 0 Å². The average Bonchev–Trinajstić information content (AvgIpc) is 2.52. The summed E-state index contributed by atoms with van der Waals surface area (Å²) in [5.41, 5.74) is 1.34. The highest BCUT2D eigenvalue weighted by Crippen LogP contribution is 2.21. The van der Waals surface area contributed by atoms with Gasteiger partial charge >= 0.3 is 0 Å². The molecule has 1 aliphatic rings.